The van der Waals surface area contributed by atoms with Crippen LogP contribution in [0.1, 0.15) is 0 Å². The van der Waals surface area contributed by atoms with Crippen molar-refractivity contribution >= 4 is 34.2 Å². The van der Waals surface area contributed by atoms with Crippen LogP contribution >= 0.6 is 34.2 Å². The Labute approximate surface area is 76.0 Å². The molecular formula is C6H3ClFIO. The van der Waals surface area contributed by atoms with Gasteiger partial charge >= 0.3 is 0 Å². The van der Waals surface area contributed by atoms with Gasteiger partial charge in [-0.05, 0) is 34.7 Å². The predicted molar refractivity (Wildman–Crippen MR) is 45.8 cm³/mol. The summed E-state index contributed by atoms with van der Waals surface area (Å²) < 4.78 is 13.0. The van der Waals surface area contributed by atoms with E-state index in [9.17, 15) is 4.39 Å². The first-order chi connectivity index (χ1) is 4.63. The Hall–Kier alpha value is -0.0300. The average molecular weight is 272 g/mol. The summed E-state index contributed by atoms with van der Waals surface area (Å²) in [6, 6.07) is 2.67. The highest BCUT2D eigenvalue weighted by atomic mass is 127. The molecule has 0 fully saturated rings. The smallest absolute Gasteiger partial charge is 0.150 e. The van der Waals surface area contributed by atoms with E-state index in [-0.39, 0.29) is 10.8 Å². The second-order valence-corrected chi connectivity index (χ2v) is 3.23. The monoisotopic (exact) mass is 272 g/mol. The molecule has 1 rings (SSSR count). The lowest BCUT2D eigenvalue weighted by atomic mass is 10.3. The fourth-order valence-electron chi connectivity index (χ4n) is 0.516. The van der Waals surface area contributed by atoms with Crippen molar-refractivity contribution in [2.24, 2.45) is 0 Å². The molecule has 0 bridgehead atoms. The summed E-state index contributed by atoms with van der Waals surface area (Å²) in [5.41, 5.74) is 0. The minimum absolute atomic E-state index is 0.192. The fourth-order valence-corrected chi connectivity index (χ4v) is 1.29. The summed E-state index contributed by atoms with van der Waals surface area (Å²) in [7, 11) is 0. The number of aromatic hydroxyl groups is 1. The zero-order valence-corrected chi connectivity index (χ0v) is 7.65. The highest BCUT2D eigenvalue weighted by molar-refractivity contribution is 14.1. The van der Waals surface area contributed by atoms with E-state index in [1.807, 2.05) is 22.6 Å². The quantitative estimate of drug-likeness (QED) is 0.569. The summed E-state index contributed by atoms with van der Waals surface area (Å²) in [5.74, 6) is -0.790. The molecular weight excluding hydrogens is 269 g/mol. The van der Waals surface area contributed by atoms with Gasteiger partial charge in [-0.25, -0.2) is 4.39 Å². The molecule has 0 spiro atoms. The first-order valence-electron chi connectivity index (χ1n) is 2.45. The van der Waals surface area contributed by atoms with Crippen LogP contribution in [-0.2, 0) is 0 Å². The van der Waals surface area contributed by atoms with Crippen LogP contribution in [0.25, 0.3) is 0 Å². The number of rotatable bonds is 0. The van der Waals surface area contributed by atoms with Crippen molar-refractivity contribution < 1.29 is 9.50 Å². The zero-order valence-electron chi connectivity index (χ0n) is 4.74. The number of hydrogen-bond acceptors (Lipinski definition) is 1. The van der Waals surface area contributed by atoms with Gasteiger partial charge in [0, 0.05) is 0 Å². The molecule has 1 aromatic carbocycles. The SMILES string of the molecule is Oc1c(I)ccc(F)c1Cl. The van der Waals surface area contributed by atoms with Crippen LogP contribution in [0.15, 0.2) is 12.1 Å². The van der Waals surface area contributed by atoms with Crippen molar-refractivity contribution in [3.63, 3.8) is 0 Å². The Kier molecular flexibility index (Phi) is 2.36. The molecule has 0 amide bonds. The van der Waals surface area contributed by atoms with Gasteiger partial charge in [0.1, 0.15) is 16.6 Å². The van der Waals surface area contributed by atoms with Gasteiger partial charge in [-0.15, -0.1) is 0 Å². The third-order valence-corrected chi connectivity index (χ3v) is 2.25. The van der Waals surface area contributed by atoms with Gasteiger partial charge in [0.25, 0.3) is 0 Å². The van der Waals surface area contributed by atoms with Crippen molar-refractivity contribution in [3.8, 4) is 5.75 Å². The second-order valence-electron chi connectivity index (χ2n) is 1.69. The van der Waals surface area contributed by atoms with Crippen molar-refractivity contribution in [1.82, 2.24) is 0 Å². The number of halogens is 3. The van der Waals surface area contributed by atoms with E-state index in [1.165, 1.54) is 12.1 Å². The number of benzene rings is 1. The summed E-state index contributed by atoms with van der Waals surface area (Å²) in [6.07, 6.45) is 0. The maximum absolute atomic E-state index is 12.5. The van der Waals surface area contributed by atoms with E-state index in [0.29, 0.717) is 3.57 Å². The molecule has 1 nitrogen and oxygen atoms in total. The Balaban J connectivity index is 3.34. The van der Waals surface area contributed by atoms with E-state index in [1.54, 1.807) is 0 Å². The standard InChI is InChI=1S/C6H3ClFIO/c7-5-3(8)1-2-4(9)6(5)10/h1-2,10H. The number of phenolic OH excluding ortho intramolecular Hbond substituents is 1. The zero-order chi connectivity index (χ0) is 7.72. The van der Waals surface area contributed by atoms with Crippen LogP contribution in [0, 0.1) is 9.39 Å². The Morgan fingerprint density at radius 1 is 1.50 bits per heavy atom. The van der Waals surface area contributed by atoms with Crippen molar-refractivity contribution in [2.45, 2.75) is 0 Å². The van der Waals surface area contributed by atoms with Gasteiger partial charge in [-0.3, -0.25) is 0 Å². The lowest BCUT2D eigenvalue weighted by Crippen LogP contribution is -1.79. The molecule has 4 heteroatoms. The summed E-state index contributed by atoms with van der Waals surface area (Å²) in [5, 5.41) is 8.79. The van der Waals surface area contributed by atoms with E-state index >= 15 is 0 Å². The molecule has 10 heavy (non-hydrogen) atoms. The predicted octanol–water partition coefficient (Wildman–Crippen LogP) is 2.79. The topological polar surface area (TPSA) is 20.2 Å². The van der Waals surface area contributed by atoms with Crippen molar-refractivity contribution in [3.05, 3.63) is 26.5 Å². The maximum atomic E-state index is 12.5. The van der Waals surface area contributed by atoms with Crippen LogP contribution < -0.4 is 0 Å². The van der Waals surface area contributed by atoms with Gasteiger partial charge in [-0.2, -0.15) is 0 Å². The third kappa shape index (κ3) is 1.34. The molecule has 0 aliphatic carbocycles. The molecule has 0 aliphatic rings. The van der Waals surface area contributed by atoms with Crippen LogP contribution in [0.3, 0.4) is 0 Å². The third-order valence-electron chi connectivity index (χ3n) is 1.02. The lowest BCUT2D eigenvalue weighted by Gasteiger charge is -1.98. The van der Waals surface area contributed by atoms with Crippen LogP contribution in [0.2, 0.25) is 5.02 Å². The van der Waals surface area contributed by atoms with Gasteiger partial charge in [0.05, 0.1) is 3.57 Å². The molecule has 0 saturated heterocycles. The molecule has 0 aromatic heterocycles. The van der Waals surface area contributed by atoms with Crippen molar-refractivity contribution in [2.75, 3.05) is 0 Å². The molecule has 0 radical (unpaired) electrons. The van der Waals surface area contributed by atoms with Gasteiger partial charge in [-0.1, -0.05) is 11.6 Å². The summed E-state index contributed by atoms with van der Waals surface area (Å²) in [4.78, 5) is 0. The molecule has 54 valence electrons. The molecule has 1 N–H and O–H groups in total. The van der Waals surface area contributed by atoms with E-state index in [4.69, 9.17) is 16.7 Å². The molecule has 0 atom stereocenters. The first kappa shape index (κ1) is 8.07. The van der Waals surface area contributed by atoms with Gasteiger partial charge in [0.15, 0.2) is 0 Å². The Bertz CT molecular complexity index is 237. The summed E-state index contributed by atoms with van der Waals surface area (Å²) >= 11 is 7.22. The second kappa shape index (κ2) is 2.92. The lowest BCUT2D eigenvalue weighted by molar-refractivity contribution is 0.465. The highest BCUT2D eigenvalue weighted by Crippen LogP contribution is 2.30. The molecule has 1 aromatic rings. The van der Waals surface area contributed by atoms with Crippen LogP contribution in [0.4, 0.5) is 4.39 Å². The molecule has 0 aliphatic heterocycles. The molecule has 0 heterocycles. The van der Waals surface area contributed by atoms with E-state index in [2.05, 4.69) is 0 Å². The Morgan fingerprint density at radius 3 is 2.60 bits per heavy atom. The summed E-state index contributed by atoms with van der Waals surface area (Å²) in [6.45, 7) is 0. The minimum Gasteiger partial charge on any atom is -0.505 e. The average Bonchev–Trinajstić information content (AvgIpc) is 1.93. The molecule has 0 saturated carbocycles. The first-order valence-corrected chi connectivity index (χ1v) is 3.91. The van der Waals surface area contributed by atoms with Crippen molar-refractivity contribution in [1.29, 1.82) is 0 Å². The maximum Gasteiger partial charge on any atom is 0.150 e. The number of hydrogen-bond donors (Lipinski definition) is 1. The van der Waals surface area contributed by atoms with Crippen LogP contribution in [-0.4, -0.2) is 5.11 Å². The van der Waals surface area contributed by atoms with E-state index < -0.39 is 5.82 Å². The number of phenols is 1. The van der Waals surface area contributed by atoms with Gasteiger partial charge < -0.3 is 5.11 Å². The fraction of sp³-hybridized carbons (Fsp3) is 0. The van der Waals surface area contributed by atoms with E-state index in [0.717, 1.165) is 0 Å². The Morgan fingerprint density at radius 2 is 2.10 bits per heavy atom. The van der Waals surface area contributed by atoms with Crippen LogP contribution in [0.5, 0.6) is 5.75 Å². The largest absolute Gasteiger partial charge is 0.505 e. The highest BCUT2D eigenvalue weighted by Gasteiger charge is 2.07. The normalized spacial score (nSPS) is 9.90. The molecule has 0 unspecified atom stereocenters. The minimum atomic E-state index is -0.598. The van der Waals surface area contributed by atoms with Gasteiger partial charge in [0.2, 0.25) is 0 Å².